The average Bonchev–Trinajstić information content (AvgIpc) is 1.55. The summed E-state index contributed by atoms with van der Waals surface area (Å²) >= 11 is 3.94. The maximum absolute atomic E-state index is 6.81. The van der Waals surface area contributed by atoms with E-state index in [-0.39, 0.29) is 5.41 Å². The van der Waals surface area contributed by atoms with Crippen molar-refractivity contribution in [3.8, 4) is 61.6 Å². The summed E-state index contributed by atoms with van der Waals surface area (Å²) in [6.07, 6.45) is 2.01. The first-order chi connectivity index (χ1) is 52.9. The second-order valence-electron chi connectivity index (χ2n) is 29.6. The van der Waals surface area contributed by atoms with E-state index >= 15 is 0 Å². The van der Waals surface area contributed by atoms with Gasteiger partial charge in [-0.2, -0.15) is 0 Å². The first-order valence-electron chi connectivity index (χ1n) is 37.1. The number of hydrogen-bond acceptors (Lipinski definition) is 3. The summed E-state index contributed by atoms with van der Waals surface area (Å²) in [6.45, 7) is 4.73. The lowest BCUT2D eigenvalue weighted by Gasteiger charge is -2.21. The monoisotopic (exact) mass is 1400 g/mol. The van der Waals surface area contributed by atoms with Crippen LogP contribution in [0.3, 0.4) is 0 Å². The van der Waals surface area contributed by atoms with Crippen LogP contribution in [0, 0.1) is 0 Å². The first-order valence-corrected chi connectivity index (χ1v) is 38.8. The Balaban J connectivity index is 0.0000000980. The van der Waals surface area contributed by atoms with E-state index in [0.717, 1.165) is 29.7 Å². The van der Waals surface area contributed by atoms with Crippen LogP contribution in [0.15, 0.2) is 338 Å². The van der Waals surface area contributed by atoms with Gasteiger partial charge in [0.15, 0.2) is 0 Å². The van der Waals surface area contributed by atoms with Crippen molar-refractivity contribution in [1.82, 2.24) is 13.7 Å². The lowest BCUT2D eigenvalue weighted by atomic mass is 9.82. The summed E-state index contributed by atoms with van der Waals surface area (Å²) in [6, 6.07) is 122. The summed E-state index contributed by atoms with van der Waals surface area (Å²) in [5.41, 5.74) is 32.2. The van der Waals surface area contributed by atoms with Crippen LogP contribution in [0.1, 0.15) is 47.2 Å². The maximum atomic E-state index is 6.81. The predicted molar refractivity (Wildman–Crippen MR) is 455 cm³/mol. The third-order valence-corrected chi connectivity index (χ3v) is 26.2. The molecule has 0 saturated carbocycles. The van der Waals surface area contributed by atoms with Crippen LogP contribution in [-0.2, 0) is 18.3 Å². The number of para-hydroxylation sites is 5. The number of benzene rings is 16. The molecule has 107 heavy (non-hydrogen) atoms. The second kappa shape index (κ2) is 23.1. The van der Waals surface area contributed by atoms with Crippen LogP contribution in [0.2, 0.25) is 0 Å². The highest BCUT2D eigenvalue weighted by Crippen LogP contribution is 2.56. The number of furan rings is 1. The summed E-state index contributed by atoms with van der Waals surface area (Å²) in [5, 5.41) is 15.6. The van der Waals surface area contributed by atoms with Gasteiger partial charge in [0.25, 0.3) is 0 Å². The van der Waals surface area contributed by atoms with Gasteiger partial charge in [0.1, 0.15) is 11.2 Å². The molecule has 3 aliphatic rings. The molecule has 0 atom stereocenters. The molecule has 6 heterocycles. The molecule has 16 aromatic carbocycles. The van der Waals surface area contributed by atoms with E-state index in [1.807, 2.05) is 22.7 Å². The van der Waals surface area contributed by atoms with Gasteiger partial charge in [-0.3, -0.25) is 0 Å². The molecule has 0 spiro atoms. The highest BCUT2D eigenvalue weighted by Gasteiger charge is 2.37. The molecule has 4 nitrogen and oxygen atoms in total. The van der Waals surface area contributed by atoms with Crippen LogP contribution in [0.5, 0.6) is 0 Å². The number of rotatable bonds is 4. The molecular weight excluding hydrogens is 1340 g/mol. The molecule has 6 heteroatoms. The fraction of sp³-hybridized carbons (Fsp3) is 0.0495. The number of fused-ring (bicyclic) bond motifs is 33. The molecular formula is C101H65N3OS2. The maximum Gasteiger partial charge on any atom is 0.145 e. The molecule has 0 aliphatic heterocycles. The van der Waals surface area contributed by atoms with Crippen molar-refractivity contribution in [2.45, 2.75) is 32.1 Å². The summed E-state index contributed by atoms with van der Waals surface area (Å²) in [7, 11) is 0. The number of hydrogen-bond donors (Lipinski definition) is 0. The van der Waals surface area contributed by atoms with Crippen LogP contribution in [0.25, 0.3) is 189 Å². The SMILES string of the molecule is CC1(C)c2ccccc2-c2c1ccc1c2sc2c1ccc1c2c2ccccc2n1-c1ccc(-c2ccccc2)cc1.c1ccc(-n2c3ccccc3c3c4oc5c6c(ccc5c4ccc32)Cc2ccccc2-6)cc1.c1ccc(-n2c3ccccc3c3c4sc5c6c(ccc5c4ccc32)Cc2ccccc2-6)cc1. The Morgan fingerprint density at radius 2 is 0.645 bits per heavy atom. The minimum atomic E-state index is 0.00749. The van der Waals surface area contributed by atoms with Crippen molar-refractivity contribution < 1.29 is 4.42 Å². The summed E-state index contributed by atoms with van der Waals surface area (Å²) < 4.78 is 19.6. The number of aromatic nitrogens is 3. The molecule has 0 bridgehead atoms. The van der Waals surface area contributed by atoms with E-state index < -0.39 is 0 Å². The highest BCUT2D eigenvalue weighted by atomic mass is 32.1. The molecule has 3 aliphatic carbocycles. The Kier molecular flexibility index (Phi) is 13.1. The van der Waals surface area contributed by atoms with E-state index in [2.05, 4.69) is 361 Å². The minimum absolute atomic E-state index is 0.00749. The van der Waals surface area contributed by atoms with Crippen molar-refractivity contribution in [2.24, 2.45) is 0 Å². The van der Waals surface area contributed by atoms with E-state index in [0.29, 0.717) is 0 Å². The Hall–Kier alpha value is -12.8. The molecule has 22 aromatic rings. The quantitative estimate of drug-likeness (QED) is 0.173. The fourth-order valence-electron chi connectivity index (χ4n) is 18.9. The smallest absolute Gasteiger partial charge is 0.145 e. The van der Waals surface area contributed by atoms with Crippen LogP contribution in [-0.4, -0.2) is 13.7 Å². The van der Waals surface area contributed by atoms with Crippen molar-refractivity contribution in [3.05, 3.63) is 367 Å². The van der Waals surface area contributed by atoms with Crippen LogP contribution >= 0.6 is 22.7 Å². The normalized spacial score (nSPS) is 13.1. The van der Waals surface area contributed by atoms with Crippen molar-refractivity contribution in [2.75, 3.05) is 0 Å². The Morgan fingerprint density at radius 1 is 0.252 bits per heavy atom. The molecule has 0 amide bonds. The van der Waals surface area contributed by atoms with Gasteiger partial charge in [0.2, 0.25) is 0 Å². The molecule has 25 rings (SSSR count). The summed E-state index contributed by atoms with van der Waals surface area (Å²) in [5.74, 6) is 0. The molecule has 502 valence electrons. The topological polar surface area (TPSA) is 27.9 Å². The van der Waals surface area contributed by atoms with Crippen molar-refractivity contribution >= 4 is 150 Å². The second-order valence-corrected chi connectivity index (χ2v) is 31.7. The van der Waals surface area contributed by atoms with E-state index in [9.17, 15) is 0 Å². The van der Waals surface area contributed by atoms with Gasteiger partial charge >= 0.3 is 0 Å². The summed E-state index contributed by atoms with van der Waals surface area (Å²) in [4.78, 5) is 0. The van der Waals surface area contributed by atoms with Crippen molar-refractivity contribution in [3.63, 3.8) is 0 Å². The van der Waals surface area contributed by atoms with Crippen molar-refractivity contribution in [1.29, 1.82) is 0 Å². The van der Waals surface area contributed by atoms with E-state index in [4.69, 9.17) is 4.42 Å². The standard InChI is InChI=1S/C39H27NS.C31H19NO.C31H19NS/c1-39(2)31-14-8-6-12-29(31)35-32(39)22-20-27-28-21-23-34-36(38(28)41-37(27)35)30-13-7-9-15-33(30)40(34)26-18-16-25(17-19-26)24-10-4-3-5-11-24;2*1-2-9-21(10-3-1)32-26-13-7-6-12-25(26)29-27(32)17-16-24-23-15-14-20-18-19-8-4-5-11-22(19)28(20)30(23)33-31(24)29/h3-23H,1-2H3;2*1-17H,18H2. The van der Waals surface area contributed by atoms with Crippen LogP contribution in [0.4, 0.5) is 0 Å². The van der Waals surface area contributed by atoms with Gasteiger partial charge in [-0.25, -0.2) is 0 Å². The molecule has 0 fully saturated rings. The predicted octanol–water partition coefficient (Wildman–Crippen LogP) is 28.1. The molecule has 0 saturated heterocycles. The number of thiophene rings is 2. The number of nitrogens with zero attached hydrogens (tertiary/aromatic N) is 3. The first kappa shape index (κ1) is 60.6. The van der Waals surface area contributed by atoms with Gasteiger partial charge in [-0.05, 0) is 153 Å². The van der Waals surface area contributed by atoms with Gasteiger partial charge in [0, 0.05) is 117 Å². The Bertz CT molecular complexity index is 7220. The fourth-order valence-corrected chi connectivity index (χ4v) is 21.7. The lowest BCUT2D eigenvalue weighted by molar-refractivity contribution is 0.661. The lowest BCUT2D eigenvalue weighted by Crippen LogP contribution is -2.14. The van der Waals surface area contributed by atoms with Gasteiger partial charge in [0.05, 0.1) is 38.5 Å². The average molecular weight is 1400 g/mol. The zero-order valence-corrected chi connectivity index (χ0v) is 60.4. The zero-order chi connectivity index (χ0) is 70.3. The third kappa shape index (κ3) is 8.77. The van der Waals surface area contributed by atoms with E-state index in [1.54, 1.807) is 0 Å². The molecule has 0 N–H and O–H groups in total. The Labute approximate surface area is 624 Å². The van der Waals surface area contributed by atoms with Gasteiger partial charge in [-0.15, -0.1) is 22.7 Å². The Morgan fingerprint density at radius 3 is 1.22 bits per heavy atom. The zero-order valence-electron chi connectivity index (χ0n) is 58.7. The molecule has 6 aromatic heterocycles. The van der Waals surface area contributed by atoms with Gasteiger partial charge in [-0.1, -0.05) is 269 Å². The third-order valence-electron chi connectivity index (χ3n) is 23.6. The van der Waals surface area contributed by atoms with E-state index in [1.165, 1.54) is 206 Å². The molecule has 0 unspecified atom stereocenters. The van der Waals surface area contributed by atoms with Gasteiger partial charge < -0.3 is 18.1 Å². The largest absolute Gasteiger partial charge is 0.455 e. The van der Waals surface area contributed by atoms with Crippen LogP contribution < -0.4 is 0 Å². The highest BCUT2D eigenvalue weighted by molar-refractivity contribution is 7.28. The molecule has 0 radical (unpaired) electrons. The minimum Gasteiger partial charge on any atom is -0.455 e.